The minimum atomic E-state index is -0.435. The number of aromatic amines is 2. The number of benzene rings is 2. The number of amides is 1. The Labute approximate surface area is 189 Å². The molecule has 4 N–H and O–H groups in total. The van der Waals surface area contributed by atoms with Crippen LogP contribution in [0, 0.1) is 0 Å². The lowest BCUT2D eigenvalue weighted by molar-refractivity contribution is -0.255. The molecule has 0 unspecified atom stereocenters. The number of aromatic nitrogens is 4. The fraction of sp³-hybridized carbons (Fsp3) is 0.174. The first-order chi connectivity index (χ1) is 16.1. The molecule has 10 heteroatoms. The molecule has 0 radical (unpaired) electrons. The third-order valence-electron chi connectivity index (χ3n) is 5.42. The molecule has 5 rings (SSSR count). The van der Waals surface area contributed by atoms with Gasteiger partial charge >= 0.3 is 0 Å². The van der Waals surface area contributed by atoms with Crippen LogP contribution < -0.4 is 10.8 Å². The summed E-state index contributed by atoms with van der Waals surface area (Å²) in [4.78, 5) is 33.1. The molecule has 33 heavy (non-hydrogen) atoms. The summed E-state index contributed by atoms with van der Waals surface area (Å²) in [5.74, 6) is 0.435. The zero-order valence-corrected chi connectivity index (χ0v) is 18.2. The van der Waals surface area contributed by atoms with Crippen molar-refractivity contribution < 1.29 is 14.7 Å². The number of imidazole rings is 1. The molecule has 168 valence electrons. The van der Waals surface area contributed by atoms with Gasteiger partial charge in [-0.05, 0) is 31.3 Å². The molecule has 0 spiro atoms. The second-order valence-electron chi connectivity index (χ2n) is 7.72. The minimum Gasteiger partial charge on any atom is -0.337 e. The normalized spacial score (nSPS) is 13.4. The van der Waals surface area contributed by atoms with Gasteiger partial charge < -0.3 is 20.1 Å². The van der Waals surface area contributed by atoms with Crippen LogP contribution in [0.15, 0.2) is 60.4 Å². The quantitative estimate of drug-likeness (QED) is 0.323. The highest BCUT2D eigenvalue weighted by Crippen LogP contribution is 2.28. The van der Waals surface area contributed by atoms with E-state index in [1.165, 1.54) is 11.8 Å². The van der Waals surface area contributed by atoms with Gasteiger partial charge in [0.05, 0.1) is 22.9 Å². The zero-order chi connectivity index (χ0) is 22.8. The summed E-state index contributed by atoms with van der Waals surface area (Å²) in [6.07, 6.45) is 1.53. The molecule has 0 fully saturated rings. The number of nitrogens with zero attached hydrogens (tertiary/aromatic N) is 3. The van der Waals surface area contributed by atoms with Crippen molar-refractivity contribution >= 4 is 28.4 Å². The number of carbonyl (C=O) groups is 1. The summed E-state index contributed by atoms with van der Waals surface area (Å²) in [5.41, 5.74) is 7.34. The standard InChI is InChI=1S/C23H23N7O3/c1-3-30(2)13-14-9-10-16-17(11-14)26-22(25-16)19-18(12-24-28-19)27-23(31)20-21(32-33-29-20)15-7-5-4-6-8-15/h4-12,29H,3,13H2,1-2H3,(H,24,28)(H,25,26)(H,27,31). The van der Waals surface area contributed by atoms with Crippen molar-refractivity contribution in [2.24, 2.45) is 0 Å². The predicted molar refractivity (Wildman–Crippen MR) is 123 cm³/mol. The van der Waals surface area contributed by atoms with Gasteiger partial charge in [0.15, 0.2) is 11.5 Å². The summed E-state index contributed by atoms with van der Waals surface area (Å²) in [5, 5.41) is 9.84. The molecule has 0 saturated carbocycles. The van der Waals surface area contributed by atoms with Gasteiger partial charge in [-0.15, -0.1) is 0 Å². The summed E-state index contributed by atoms with van der Waals surface area (Å²) >= 11 is 0. The first-order valence-electron chi connectivity index (χ1n) is 10.5. The average molecular weight is 445 g/mol. The number of carbonyl (C=O) groups excluding carboxylic acids is 1. The molecule has 3 heterocycles. The van der Waals surface area contributed by atoms with E-state index in [-0.39, 0.29) is 5.70 Å². The molecule has 0 aliphatic carbocycles. The molecule has 2 aromatic heterocycles. The molecule has 0 bridgehead atoms. The molecule has 4 aromatic rings. The maximum atomic E-state index is 13.0. The van der Waals surface area contributed by atoms with E-state index < -0.39 is 5.91 Å². The largest absolute Gasteiger partial charge is 0.337 e. The van der Waals surface area contributed by atoms with Gasteiger partial charge in [0, 0.05) is 12.1 Å². The highest BCUT2D eigenvalue weighted by Gasteiger charge is 2.27. The monoisotopic (exact) mass is 445 g/mol. The van der Waals surface area contributed by atoms with Gasteiger partial charge in [0.25, 0.3) is 5.91 Å². The Morgan fingerprint density at radius 3 is 2.85 bits per heavy atom. The number of hydroxylamine groups is 1. The van der Waals surface area contributed by atoms with E-state index in [0.717, 1.165) is 24.1 Å². The van der Waals surface area contributed by atoms with Crippen molar-refractivity contribution in [3.63, 3.8) is 0 Å². The maximum absolute atomic E-state index is 13.0. The Morgan fingerprint density at radius 2 is 2.03 bits per heavy atom. The van der Waals surface area contributed by atoms with Gasteiger partial charge in [-0.25, -0.2) is 10.5 Å². The van der Waals surface area contributed by atoms with Crippen molar-refractivity contribution in [1.29, 1.82) is 0 Å². The summed E-state index contributed by atoms with van der Waals surface area (Å²) in [6, 6.07) is 15.4. The number of hydrogen-bond donors (Lipinski definition) is 4. The maximum Gasteiger partial charge on any atom is 0.278 e. The van der Waals surface area contributed by atoms with Crippen LogP contribution in [-0.4, -0.2) is 44.6 Å². The van der Waals surface area contributed by atoms with E-state index in [1.807, 2.05) is 36.4 Å². The lowest BCUT2D eigenvalue weighted by Gasteiger charge is -2.13. The smallest absolute Gasteiger partial charge is 0.278 e. The van der Waals surface area contributed by atoms with Crippen LogP contribution in [0.1, 0.15) is 18.1 Å². The van der Waals surface area contributed by atoms with Crippen LogP contribution in [0.25, 0.3) is 28.3 Å². The van der Waals surface area contributed by atoms with Crippen LogP contribution in [0.5, 0.6) is 0 Å². The molecule has 1 amide bonds. The van der Waals surface area contributed by atoms with E-state index in [4.69, 9.17) is 9.88 Å². The van der Waals surface area contributed by atoms with Gasteiger partial charge in [-0.2, -0.15) is 5.10 Å². The van der Waals surface area contributed by atoms with Crippen molar-refractivity contribution in [3.05, 3.63) is 71.6 Å². The van der Waals surface area contributed by atoms with Crippen molar-refractivity contribution in [2.45, 2.75) is 13.5 Å². The van der Waals surface area contributed by atoms with Gasteiger partial charge in [0.1, 0.15) is 5.69 Å². The van der Waals surface area contributed by atoms with E-state index in [2.05, 4.69) is 62.0 Å². The number of anilines is 1. The molecule has 1 aliphatic rings. The van der Waals surface area contributed by atoms with Crippen molar-refractivity contribution in [3.8, 4) is 11.5 Å². The first kappa shape index (κ1) is 20.7. The van der Waals surface area contributed by atoms with Crippen molar-refractivity contribution in [2.75, 3.05) is 18.9 Å². The Hall–Kier alpha value is -4.15. The summed E-state index contributed by atoms with van der Waals surface area (Å²) in [7, 11) is 2.08. The molecule has 1 aliphatic heterocycles. The highest BCUT2D eigenvalue weighted by molar-refractivity contribution is 6.09. The van der Waals surface area contributed by atoms with Crippen LogP contribution in [0.4, 0.5) is 5.69 Å². The van der Waals surface area contributed by atoms with Gasteiger partial charge in [-0.1, -0.05) is 48.3 Å². The number of H-pyrrole nitrogens is 2. The first-order valence-corrected chi connectivity index (χ1v) is 10.5. The Bertz CT molecular complexity index is 1330. The molecule has 2 aromatic carbocycles. The van der Waals surface area contributed by atoms with E-state index >= 15 is 0 Å². The molecular weight excluding hydrogens is 422 g/mol. The van der Waals surface area contributed by atoms with Crippen LogP contribution >= 0.6 is 0 Å². The fourth-order valence-corrected chi connectivity index (χ4v) is 3.57. The number of fused-ring (bicyclic) bond motifs is 1. The predicted octanol–water partition coefficient (Wildman–Crippen LogP) is 3.18. The Kier molecular flexibility index (Phi) is 5.51. The van der Waals surface area contributed by atoms with E-state index in [0.29, 0.717) is 28.5 Å². The lowest BCUT2D eigenvalue weighted by Crippen LogP contribution is -2.22. The number of rotatable bonds is 7. The Morgan fingerprint density at radius 1 is 1.18 bits per heavy atom. The molecular formula is C23H23N7O3. The number of nitrogens with one attached hydrogen (secondary N) is 4. The summed E-state index contributed by atoms with van der Waals surface area (Å²) in [6.45, 7) is 3.94. The minimum absolute atomic E-state index is 0.155. The zero-order valence-electron chi connectivity index (χ0n) is 18.2. The molecule has 10 nitrogen and oxygen atoms in total. The van der Waals surface area contributed by atoms with Crippen LogP contribution in [-0.2, 0) is 21.2 Å². The molecule has 0 saturated heterocycles. The van der Waals surface area contributed by atoms with E-state index in [1.54, 1.807) is 0 Å². The molecule has 0 atom stereocenters. The third-order valence-corrected chi connectivity index (χ3v) is 5.42. The topological polar surface area (TPSA) is 120 Å². The lowest BCUT2D eigenvalue weighted by atomic mass is 10.1. The average Bonchev–Trinajstić information content (AvgIpc) is 3.58. The fourth-order valence-electron chi connectivity index (χ4n) is 3.57. The highest BCUT2D eigenvalue weighted by atomic mass is 17.3. The Balaban J connectivity index is 1.40. The number of hydrogen-bond acceptors (Lipinski definition) is 7. The second-order valence-corrected chi connectivity index (χ2v) is 7.72. The SMILES string of the molecule is CCN(C)Cc1ccc2nc(-c3[nH]ncc3NC(=O)C3=C(c4ccccc4)OON3)[nH]c2c1. The van der Waals surface area contributed by atoms with Gasteiger partial charge in [0.2, 0.25) is 5.76 Å². The van der Waals surface area contributed by atoms with Gasteiger partial charge in [-0.3, -0.25) is 9.89 Å². The van der Waals surface area contributed by atoms with Crippen LogP contribution in [0.3, 0.4) is 0 Å². The van der Waals surface area contributed by atoms with E-state index in [9.17, 15) is 4.79 Å². The third kappa shape index (κ3) is 4.16. The van der Waals surface area contributed by atoms with Crippen LogP contribution in [0.2, 0.25) is 0 Å². The van der Waals surface area contributed by atoms with Crippen molar-refractivity contribution in [1.82, 2.24) is 30.5 Å². The summed E-state index contributed by atoms with van der Waals surface area (Å²) < 4.78 is 0. The second kappa shape index (κ2) is 8.77.